The Labute approximate surface area is 188 Å². The number of rotatable bonds is 7. The Bertz CT molecular complexity index is 1100. The first-order valence-corrected chi connectivity index (χ1v) is 11.3. The summed E-state index contributed by atoms with van der Waals surface area (Å²) in [7, 11) is 0. The second-order valence-electron chi connectivity index (χ2n) is 8.59. The van der Waals surface area contributed by atoms with E-state index in [2.05, 4.69) is 35.2 Å². The summed E-state index contributed by atoms with van der Waals surface area (Å²) in [6, 6.07) is 24.2. The zero-order valence-corrected chi connectivity index (χ0v) is 18.1. The normalized spacial score (nSPS) is 17.6. The highest BCUT2D eigenvalue weighted by atomic mass is 16.5. The predicted molar refractivity (Wildman–Crippen MR) is 125 cm³/mol. The van der Waals surface area contributed by atoms with Crippen LogP contribution in [0.4, 0.5) is 5.69 Å². The van der Waals surface area contributed by atoms with Crippen molar-refractivity contribution in [2.24, 2.45) is 0 Å². The smallest absolute Gasteiger partial charge is 0.321 e. The number of nitrogens with zero attached hydrogens (tertiary/aromatic N) is 2. The molecule has 32 heavy (non-hydrogen) atoms. The molecular formula is C27H28N2O3. The lowest BCUT2D eigenvalue weighted by Crippen LogP contribution is -2.45. The summed E-state index contributed by atoms with van der Waals surface area (Å²) in [5.74, 6) is 0.0856. The predicted octanol–water partition coefficient (Wildman–Crippen LogP) is 4.14. The Hall–Kier alpha value is -3.31. The van der Waals surface area contributed by atoms with Crippen molar-refractivity contribution in [3.63, 3.8) is 0 Å². The fourth-order valence-electron chi connectivity index (χ4n) is 4.84. The summed E-state index contributed by atoms with van der Waals surface area (Å²) in [5, 5.41) is 9.79. The molecule has 3 aromatic rings. The first-order valence-electron chi connectivity index (χ1n) is 11.3. The number of aliphatic carboxylic acids is 1. The molecule has 2 aliphatic heterocycles. The Kier molecular flexibility index (Phi) is 5.82. The number of hydrogen-bond acceptors (Lipinski definition) is 4. The van der Waals surface area contributed by atoms with Gasteiger partial charge in [-0.05, 0) is 53.3 Å². The third-order valence-electron chi connectivity index (χ3n) is 6.53. The average molecular weight is 429 g/mol. The number of anilines is 1. The van der Waals surface area contributed by atoms with E-state index in [9.17, 15) is 9.90 Å². The first kappa shape index (κ1) is 20.6. The molecule has 2 heterocycles. The van der Waals surface area contributed by atoms with Crippen LogP contribution >= 0.6 is 0 Å². The van der Waals surface area contributed by atoms with Crippen LogP contribution in [0.25, 0.3) is 0 Å². The molecule has 0 spiro atoms. The SMILES string of the molecule is O=C(O)[C@@H]1Cc2ccc(OCCN3CCc4ccccc43)cc2CN1Cc1ccccc1. The van der Waals surface area contributed by atoms with Gasteiger partial charge < -0.3 is 14.7 Å². The number of carboxylic acid groups (broad SMARTS) is 1. The maximum atomic E-state index is 11.9. The number of ether oxygens (including phenoxy) is 1. The maximum absolute atomic E-state index is 11.9. The molecule has 0 fully saturated rings. The minimum Gasteiger partial charge on any atom is -0.492 e. The summed E-state index contributed by atoms with van der Waals surface area (Å²) in [6.07, 6.45) is 1.61. The van der Waals surface area contributed by atoms with Crippen LogP contribution in [0, 0.1) is 0 Å². The minimum absolute atomic E-state index is 0.510. The number of benzene rings is 3. The van der Waals surface area contributed by atoms with E-state index >= 15 is 0 Å². The van der Waals surface area contributed by atoms with Crippen LogP contribution in [0.15, 0.2) is 72.8 Å². The summed E-state index contributed by atoms with van der Waals surface area (Å²) in [4.78, 5) is 16.3. The molecule has 3 aromatic carbocycles. The monoisotopic (exact) mass is 428 g/mol. The molecule has 0 saturated carbocycles. The highest BCUT2D eigenvalue weighted by Crippen LogP contribution is 2.29. The van der Waals surface area contributed by atoms with Gasteiger partial charge in [-0.25, -0.2) is 0 Å². The van der Waals surface area contributed by atoms with Gasteiger partial charge in [-0.3, -0.25) is 9.69 Å². The Morgan fingerprint density at radius 2 is 1.78 bits per heavy atom. The van der Waals surface area contributed by atoms with Crippen molar-refractivity contribution in [1.82, 2.24) is 4.90 Å². The number of hydrogen-bond donors (Lipinski definition) is 1. The zero-order chi connectivity index (χ0) is 21.9. The standard InChI is InChI=1S/C27H28N2O3/c30-27(31)26-17-22-10-11-24(16-23(22)19-29(26)18-20-6-2-1-3-7-20)32-15-14-28-13-12-21-8-4-5-9-25(21)28/h1-11,16,26H,12-15,17-19H2,(H,30,31)/t26-/m0/s1. The van der Waals surface area contributed by atoms with Crippen LogP contribution in [-0.2, 0) is 30.7 Å². The van der Waals surface area contributed by atoms with Crippen molar-refractivity contribution in [3.05, 3.63) is 95.1 Å². The first-order chi connectivity index (χ1) is 15.7. The van der Waals surface area contributed by atoms with E-state index in [4.69, 9.17) is 4.74 Å². The van der Waals surface area contributed by atoms with E-state index in [0.717, 1.165) is 42.0 Å². The van der Waals surface area contributed by atoms with Gasteiger partial charge >= 0.3 is 5.97 Å². The summed E-state index contributed by atoms with van der Waals surface area (Å²) < 4.78 is 6.10. The minimum atomic E-state index is -0.766. The van der Waals surface area contributed by atoms with Gasteiger partial charge in [-0.15, -0.1) is 0 Å². The van der Waals surface area contributed by atoms with E-state index in [0.29, 0.717) is 26.1 Å². The molecule has 5 heteroatoms. The van der Waals surface area contributed by atoms with Crippen molar-refractivity contribution in [3.8, 4) is 5.75 Å². The molecule has 0 saturated heterocycles. The molecule has 2 aliphatic rings. The van der Waals surface area contributed by atoms with E-state index < -0.39 is 12.0 Å². The molecule has 0 radical (unpaired) electrons. The molecule has 1 N–H and O–H groups in total. The summed E-state index contributed by atoms with van der Waals surface area (Å²) in [6.45, 7) is 3.75. The topological polar surface area (TPSA) is 53.0 Å². The lowest BCUT2D eigenvalue weighted by atomic mass is 9.93. The quantitative estimate of drug-likeness (QED) is 0.613. The van der Waals surface area contributed by atoms with Gasteiger partial charge in [-0.1, -0.05) is 54.6 Å². The molecular weight excluding hydrogens is 400 g/mol. The molecule has 0 aromatic heterocycles. The van der Waals surface area contributed by atoms with Gasteiger partial charge in [0.1, 0.15) is 18.4 Å². The van der Waals surface area contributed by atoms with Crippen LogP contribution in [0.5, 0.6) is 5.75 Å². The number of carboxylic acids is 1. The van der Waals surface area contributed by atoms with Gasteiger partial charge in [0.15, 0.2) is 0 Å². The van der Waals surface area contributed by atoms with Gasteiger partial charge in [0.05, 0.1) is 6.54 Å². The highest BCUT2D eigenvalue weighted by Gasteiger charge is 2.31. The third kappa shape index (κ3) is 4.34. The van der Waals surface area contributed by atoms with E-state index in [1.165, 1.54) is 11.3 Å². The molecule has 164 valence electrons. The van der Waals surface area contributed by atoms with Crippen LogP contribution in [-0.4, -0.2) is 41.7 Å². The molecule has 0 unspecified atom stereocenters. The van der Waals surface area contributed by atoms with Crippen LogP contribution in [0.2, 0.25) is 0 Å². The number of para-hydroxylation sites is 1. The Morgan fingerprint density at radius 3 is 2.62 bits per heavy atom. The fourth-order valence-corrected chi connectivity index (χ4v) is 4.84. The average Bonchev–Trinajstić information content (AvgIpc) is 3.22. The number of fused-ring (bicyclic) bond motifs is 2. The third-order valence-corrected chi connectivity index (χ3v) is 6.53. The zero-order valence-electron chi connectivity index (χ0n) is 18.1. The van der Waals surface area contributed by atoms with E-state index in [-0.39, 0.29) is 0 Å². The molecule has 1 atom stereocenters. The lowest BCUT2D eigenvalue weighted by molar-refractivity contribution is -0.144. The van der Waals surface area contributed by atoms with Gasteiger partial charge in [-0.2, -0.15) is 0 Å². The highest BCUT2D eigenvalue weighted by molar-refractivity contribution is 5.74. The molecule has 0 amide bonds. The van der Waals surface area contributed by atoms with Crippen molar-refractivity contribution in [1.29, 1.82) is 0 Å². The molecule has 5 nitrogen and oxygen atoms in total. The Morgan fingerprint density at radius 1 is 0.969 bits per heavy atom. The van der Waals surface area contributed by atoms with Crippen LogP contribution in [0.3, 0.4) is 0 Å². The number of carbonyl (C=O) groups is 1. The fraction of sp³-hybridized carbons (Fsp3) is 0.296. The maximum Gasteiger partial charge on any atom is 0.321 e. The molecule has 0 aliphatic carbocycles. The lowest BCUT2D eigenvalue weighted by Gasteiger charge is -2.34. The van der Waals surface area contributed by atoms with Gasteiger partial charge in [0.25, 0.3) is 0 Å². The largest absolute Gasteiger partial charge is 0.492 e. The molecule has 0 bridgehead atoms. The van der Waals surface area contributed by atoms with Crippen molar-refractivity contribution < 1.29 is 14.6 Å². The van der Waals surface area contributed by atoms with Crippen LogP contribution < -0.4 is 9.64 Å². The molecule has 5 rings (SSSR count). The van der Waals surface area contributed by atoms with E-state index in [1.54, 1.807) is 0 Å². The van der Waals surface area contributed by atoms with Gasteiger partial charge in [0.2, 0.25) is 0 Å². The second kappa shape index (κ2) is 9.05. The van der Waals surface area contributed by atoms with Crippen molar-refractivity contribution in [2.45, 2.75) is 32.0 Å². The van der Waals surface area contributed by atoms with Gasteiger partial charge in [0, 0.05) is 25.3 Å². The summed E-state index contributed by atoms with van der Waals surface area (Å²) in [5.41, 5.74) is 6.11. The van der Waals surface area contributed by atoms with Crippen molar-refractivity contribution in [2.75, 3.05) is 24.6 Å². The Balaban J connectivity index is 1.25. The van der Waals surface area contributed by atoms with Crippen LogP contribution in [0.1, 0.15) is 22.3 Å². The van der Waals surface area contributed by atoms with Crippen molar-refractivity contribution >= 4 is 11.7 Å². The second-order valence-corrected chi connectivity index (χ2v) is 8.59. The summed E-state index contributed by atoms with van der Waals surface area (Å²) >= 11 is 0. The van der Waals surface area contributed by atoms with E-state index in [1.807, 2.05) is 47.4 Å².